The van der Waals surface area contributed by atoms with Crippen molar-refractivity contribution in [2.24, 2.45) is 0 Å². The van der Waals surface area contributed by atoms with E-state index in [9.17, 15) is 26.3 Å². The van der Waals surface area contributed by atoms with Crippen LogP contribution in [0, 0.1) is 0 Å². The second-order valence-electron chi connectivity index (χ2n) is 6.59. The molecule has 0 spiro atoms. The molecule has 0 unspecified atom stereocenters. The summed E-state index contributed by atoms with van der Waals surface area (Å²) in [6.45, 7) is 0. The zero-order valence-electron chi connectivity index (χ0n) is 16.4. The van der Waals surface area contributed by atoms with Crippen LogP contribution in [0.3, 0.4) is 0 Å². The number of benzene rings is 1. The predicted molar refractivity (Wildman–Crippen MR) is 107 cm³/mol. The molecular weight excluding hydrogens is 494 g/mol. The average Bonchev–Trinajstić information content (AvgIpc) is 3.15. The first-order valence-corrected chi connectivity index (χ1v) is 10.3. The first-order chi connectivity index (χ1) is 15.6. The lowest BCUT2D eigenvalue weighted by Gasteiger charge is -2.11. The topological polar surface area (TPSA) is 129 Å². The van der Waals surface area contributed by atoms with Crippen molar-refractivity contribution >= 4 is 21.4 Å². The van der Waals surface area contributed by atoms with Gasteiger partial charge in [-0.25, -0.2) is 4.98 Å². The summed E-state index contributed by atoms with van der Waals surface area (Å²) in [4.78, 5) is 14.8. The lowest BCUT2D eigenvalue weighted by molar-refractivity contribution is -0.138. The molecule has 0 aliphatic heterocycles. The highest BCUT2D eigenvalue weighted by Gasteiger charge is 2.34. The first kappa shape index (κ1) is 25.1. The number of hydrogen-bond acceptors (Lipinski definition) is 5. The molecule has 4 aromatic rings. The maximum Gasteiger partial charge on any atom is 0.418 e. The summed E-state index contributed by atoms with van der Waals surface area (Å²) >= 11 is 0. The van der Waals surface area contributed by atoms with E-state index in [1.807, 2.05) is 0 Å². The molecule has 0 amide bonds. The van der Waals surface area contributed by atoms with Gasteiger partial charge >= 0.3 is 22.8 Å². The van der Waals surface area contributed by atoms with E-state index in [-0.39, 0.29) is 28.3 Å². The van der Waals surface area contributed by atoms with Crippen LogP contribution in [0.15, 0.2) is 54.9 Å². The van der Waals surface area contributed by atoms with Crippen molar-refractivity contribution < 1.29 is 43.9 Å². The number of alkyl halides is 6. The van der Waals surface area contributed by atoms with Crippen LogP contribution in [-0.4, -0.2) is 37.5 Å². The minimum Gasteiger partial charge on any atom is -0.337 e. The summed E-state index contributed by atoms with van der Waals surface area (Å²) < 4.78 is 110. The van der Waals surface area contributed by atoms with Crippen LogP contribution >= 0.6 is 0 Å². The third kappa shape index (κ3) is 6.27. The van der Waals surface area contributed by atoms with E-state index in [1.165, 1.54) is 36.7 Å². The van der Waals surface area contributed by atoms with Crippen LogP contribution in [0.1, 0.15) is 11.1 Å². The van der Waals surface area contributed by atoms with Crippen LogP contribution in [0.25, 0.3) is 33.8 Å². The van der Waals surface area contributed by atoms with Gasteiger partial charge in [0, 0.05) is 18.0 Å². The van der Waals surface area contributed by atoms with E-state index in [4.69, 9.17) is 17.5 Å². The third-order valence-corrected chi connectivity index (χ3v) is 4.20. The van der Waals surface area contributed by atoms with Crippen LogP contribution in [0.2, 0.25) is 0 Å². The monoisotopic (exact) mass is 506 g/mol. The summed E-state index contributed by atoms with van der Waals surface area (Å²) in [5.74, 6) is 0.197. The Hall–Kier alpha value is -3.56. The second kappa shape index (κ2) is 9.00. The van der Waals surface area contributed by atoms with Crippen LogP contribution in [-0.2, 0) is 22.8 Å². The number of nitrogens with zero attached hydrogens (tertiary/aromatic N) is 3. The molecule has 0 aliphatic rings. The minimum atomic E-state index is -4.67. The van der Waals surface area contributed by atoms with E-state index < -0.39 is 33.9 Å². The number of pyridine rings is 2. The Labute approximate surface area is 186 Å². The van der Waals surface area contributed by atoms with Crippen molar-refractivity contribution in [2.75, 3.05) is 0 Å². The van der Waals surface area contributed by atoms with Gasteiger partial charge in [0.25, 0.3) is 0 Å². The number of aromatic nitrogens is 4. The fraction of sp³-hybridized carbons (Fsp3) is 0.105. The molecule has 0 bridgehead atoms. The van der Waals surface area contributed by atoms with Crippen molar-refractivity contribution in [2.45, 2.75) is 12.4 Å². The summed E-state index contributed by atoms with van der Waals surface area (Å²) in [6.07, 6.45) is -6.60. The number of aromatic amines is 1. The molecule has 4 rings (SSSR count). The molecule has 0 saturated heterocycles. The highest BCUT2D eigenvalue weighted by molar-refractivity contribution is 7.79. The van der Waals surface area contributed by atoms with Crippen molar-refractivity contribution in [1.29, 1.82) is 0 Å². The summed E-state index contributed by atoms with van der Waals surface area (Å²) in [6, 6.07) is 8.02. The molecule has 0 saturated carbocycles. The molecular formula is C19H12F6N4O4S. The molecule has 3 N–H and O–H groups in total. The van der Waals surface area contributed by atoms with Gasteiger partial charge in [0.1, 0.15) is 5.69 Å². The Morgan fingerprint density at radius 3 is 2.12 bits per heavy atom. The molecule has 0 radical (unpaired) electrons. The Morgan fingerprint density at radius 1 is 0.882 bits per heavy atom. The molecule has 0 fully saturated rings. The van der Waals surface area contributed by atoms with E-state index in [1.54, 1.807) is 0 Å². The first-order valence-electron chi connectivity index (χ1n) is 8.89. The Morgan fingerprint density at radius 2 is 1.56 bits per heavy atom. The SMILES string of the molecule is FC(F)(F)c1ccc2nc(-c3ccc(-c4ncccc4C(F)(F)F)cn3)[nH]c2c1.O=S(=O)(O)O. The maximum absolute atomic E-state index is 13.2. The molecule has 0 atom stereocenters. The lowest BCUT2D eigenvalue weighted by atomic mass is 10.1. The van der Waals surface area contributed by atoms with Gasteiger partial charge in [-0.3, -0.25) is 19.1 Å². The highest BCUT2D eigenvalue weighted by atomic mass is 32.3. The van der Waals surface area contributed by atoms with Gasteiger partial charge in [-0.2, -0.15) is 34.8 Å². The van der Waals surface area contributed by atoms with Crippen LogP contribution in [0.5, 0.6) is 0 Å². The van der Waals surface area contributed by atoms with Crippen LogP contribution < -0.4 is 0 Å². The molecule has 3 aromatic heterocycles. The quantitative estimate of drug-likeness (QED) is 0.256. The molecule has 15 heteroatoms. The van der Waals surface area contributed by atoms with Crippen molar-refractivity contribution in [3.63, 3.8) is 0 Å². The zero-order chi connectivity index (χ0) is 25.3. The normalized spacial score (nSPS) is 12.4. The maximum atomic E-state index is 13.2. The average molecular weight is 506 g/mol. The van der Waals surface area contributed by atoms with Gasteiger partial charge in [0.2, 0.25) is 0 Å². The second-order valence-corrected chi connectivity index (χ2v) is 7.49. The fourth-order valence-corrected chi connectivity index (χ4v) is 2.85. The van der Waals surface area contributed by atoms with Crippen molar-refractivity contribution in [3.05, 3.63) is 66.0 Å². The predicted octanol–water partition coefficient (Wildman–Crippen LogP) is 5.07. The van der Waals surface area contributed by atoms with E-state index in [2.05, 4.69) is 19.9 Å². The minimum absolute atomic E-state index is 0.150. The number of rotatable bonds is 2. The number of halogens is 6. The van der Waals surface area contributed by atoms with Crippen LogP contribution in [0.4, 0.5) is 26.3 Å². The molecule has 3 heterocycles. The van der Waals surface area contributed by atoms with Gasteiger partial charge in [-0.05, 0) is 42.5 Å². The van der Waals surface area contributed by atoms with Gasteiger partial charge in [-0.1, -0.05) is 0 Å². The molecule has 34 heavy (non-hydrogen) atoms. The molecule has 180 valence electrons. The van der Waals surface area contributed by atoms with Gasteiger partial charge < -0.3 is 4.98 Å². The Bertz CT molecular complexity index is 1410. The van der Waals surface area contributed by atoms with Crippen molar-refractivity contribution in [1.82, 2.24) is 19.9 Å². The molecule has 8 nitrogen and oxygen atoms in total. The van der Waals surface area contributed by atoms with Gasteiger partial charge in [0.15, 0.2) is 5.82 Å². The molecule has 1 aromatic carbocycles. The van der Waals surface area contributed by atoms with E-state index in [0.717, 1.165) is 18.2 Å². The number of H-pyrrole nitrogens is 1. The van der Waals surface area contributed by atoms with Gasteiger partial charge in [-0.15, -0.1) is 0 Å². The van der Waals surface area contributed by atoms with Gasteiger partial charge in [0.05, 0.1) is 27.9 Å². The number of imidazole rings is 1. The molecule has 0 aliphatic carbocycles. The summed E-state index contributed by atoms with van der Waals surface area (Å²) in [7, 11) is -4.67. The lowest BCUT2D eigenvalue weighted by Crippen LogP contribution is -2.08. The summed E-state index contributed by atoms with van der Waals surface area (Å²) in [5.41, 5.74) is -1.08. The summed E-state index contributed by atoms with van der Waals surface area (Å²) in [5, 5.41) is 0. The Balaban J connectivity index is 0.000000588. The number of fused-ring (bicyclic) bond motifs is 1. The standard InChI is InChI=1S/C19H10F6N4.H2O4S/c20-18(21,22)11-4-6-13-15(8-11)29-17(28-13)14-5-3-10(9-27-14)16-12(19(23,24)25)2-1-7-26-16;1-5(2,3)4/h1-9H,(H,28,29);(H2,1,2,3,4). The zero-order valence-corrected chi connectivity index (χ0v) is 17.2. The third-order valence-electron chi connectivity index (χ3n) is 4.20. The smallest absolute Gasteiger partial charge is 0.337 e. The number of hydrogen-bond donors (Lipinski definition) is 3. The largest absolute Gasteiger partial charge is 0.418 e. The number of nitrogens with one attached hydrogen (secondary N) is 1. The Kier molecular flexibility index (Phi) is 6.64. The van der Waals surface area contributed by atoms with E-state index in [0.29, 0.717) is 5.52 Å². The van der Waals surface area contributed by atoms with E-state index >= 15 is 0 Å². The van der Waals surface area contributed by atoms with Crippen molar-refractivity contribution in [3.8, 4) is 22.8 Å². The highest BCUT2D eigenvalue weighted by Crippen LogP contribution is 2.36. The fourth-order valence-electron chi connectivity index (χ4n) is 2.85.